The van der Waals surface area contributed by atoms with Crippen LogP contribution in [0.15, 0.2) is 78.9 Å². The van der Waals surface area contributed by atoms with Crippen molar-refractivity contribution < 1.29 is 19.4 Å². The van der Waals surface area contributed by atoms with E-state index in [1.54, 1.807) is 0 Å². The first kappa shape index (κ1) is 19.9. The van der Waals surface area contributed by atoms with E-state index in [1.165, 1.54) is 11.1 Å². The van der Waals surface area contributed by atoms with Gasteiger partial charge in [0, 0.05) is 5.92 Å². The summed E-state index contributed by atoms with van der Waals surface area (Å²) in [5.41, 5.74) is 5.69. The highest BCUT2D eigenvalue weighted by molar-refractivity contribution is 5.80. The first-order valence-electron chi connectivity index (χ1n) is 10.2. The van der Waals surface area contributed by atoms with E-state index in [4.69, 9.17) is 4.74 Å². The van der Waals surface area contributed by atoms with Gasteiger partial charge < -0.3 is 9.84 Å². The number of carbonyl (C=O) groups excluding carboxylic acids is 1. The van der Waals surface area contributed by atoms with Gasteiger partial charge in [-0.1, -0.05) is 78.9 Å². The minimum atomic E-state index is -0.959. The maximum atomic E-state index is 12.5. The Morgan fingerprint density at radius 2 is 1.40 bits per heavy atom. The molecule has 1 aliphatic rings. The van der Waals surface area contributed by atoms with Gasteiger partial charge in [0.05, 0.1) is 12.3 Å². The summed E-state index contributed by atoms with van der Waals surface area (Å²) in [4.78, 5) is 24.1. The van der Waals surface area contributed by atoms with E-state index in [2.05, 4.69) is 24.3 Å². The molecule has 0 saturated carbocycles. The van der Waals surface area contributed by atoms with Gasteiger partial charge in [-0.15, -0.1) is 0 Å². The third-order valence-electron chi connectivity index (χ3n) is 5.76. The Hall–Kier alpha value is -3.40. The molecule has 0 spiro atoms. The van der Waals surface area contributed by atoms with E-state index in [-0.39, 0.29) is 18.9 Å². The normalized spacial score (nSPS) is 13.3. The number of carboxylic acid groups (broad SMARTS) is 1. The van der Waals surface area contributed by atoms with Crippen molar-refractivity contribution in [3.05, 3.63) is 95.6 Å². The lowest BCUT2D eigenvalue weighted by Gasteiger charge is -2.16. The molecular formula is C26H24O4. The average Bonchev–Trinajstić information content (AvgIpc) is 3.09. The Kier molecular flexibility index (Phi) is 5.94. The maximum absolute atomic E-state index is 12.5. The molecule has 1 aliphatic carbocycles. The molecule has 0 amide bonds. The summed E-state index contributed by atoms with van der Waals surface area (Å²) in [5.74, 6) is -2.19. The Bertz CT molecular complexity index is 996. The van der Waals surface area contributed by atoms with Crippen molar-refractivity contribution in [2.75, 3.05) is 6.61 Å². The van der Waals surface area contributed by atoms with Crippen molar-refractivity contribution in [1.82, 2.24) is 0 Å². The van der Waals surface area contributed by atoms with Gasteiger partial charge in [-0.25, -0.2) is 0 Å². The Labute approximate surface area is 176 Å². The fourth-order valence-corrected chi connectivity index (χ4v) is 4.17. The van der Waals surface area contributed by atoms with Gasteiger partial charge in [-0.05, 0) is 40.7 Å². The minimum absolute atomic E-state index is 0.0195. The van der Waals surface area contributed by atoms with Crippen LogP contribution in [0.1, 0.15) is 35.4 Å². The highest BCUT2D eigenvalue weighted by Gasteiger charge is 2.29. The van der Waals surface area contributed by atoms with Gasteiger partial charge in [0.1, 0.15) is 6.61 Å². The van der Waals surface area contributed by atoms with Crippen molar-refractivity contribution in [3.63, 3.8) is 0 Å². The summed E-state index contributed by atoms with van der Waals surface area (Å²) in [6.45, 7) is 0.220. The standard InChI is InChI=1S/C26H24O4/c27-25(16-19(26(28)29)15-14-18-8-2-1-3-9-18)30-17-24-22-12-6-4-10-20(22)21-11-5-7-13-23(21)24/h1-13,19,24H,14-17H2,(H,28,29)/t19-/m1/s1. The fraction of sp³-hybridized carbons (Fsp3) is 0.231. The monoisotopic (exact) mass is 400 g/mol. The fourth-order valence-electron chi connectivity index (χ4n) is 4.17. The third-order valence-corrected chi connectivity index (χ3v) is 5.76. The first-order chi connectivity index (χ1) is 14.6. The summed E-state index contributed by atoms with van der Waals surface area (Å²) in [6.07, 6.45) is 0.913. The number of aliphatic carboxylic acids is 1. The van der Waals surface area contributed by atoms with E-state index >= 15 is 0 Å². The van der Waals surface area contributed by atoms with Crippen LogP contribution in [0, 0.1) is 5.92 Å². The van der Waals surface area contributed by atoms with Gasteiger partial charge in [-0.3, -0.25) is 9.59 Å². The van der Waals surface area contributed by atoms with E-state index in [1.807, 2.05) is 54.6 Å². The van der Waals surface area contributed by atoms with Crippen LogP contribution in [0.3, 0.4) is 0 Å². The number of benzene rings is 3. The van der Waals surface area contributed by atoms with Crippen LogP contribution in [0.4, 0.5) is 0 Å². The number of hydrogen-bond acceptors (Lipinski definition) is 3. The van der Waals surface area contributed by atoms with Gasteiger partial charge >= 0.3 is 11.9 Å². The maximum Gasteiger partial charge on any atom is 0.307 e. The van der Waals surface area contributed by atoms with Crippen molar-refractivity contribution in [3.8, 4) is 11.1 Å². The summed E-state index contributed by atoms with van der Waals surface area (Å²) in [5, 5.41) is 9.53. The molecule has 0 radical (unpaired) electrons. The zero-order valence-corrected chi connectivity index (χ0v) is 16.7. The number of aryl methyl sites for hydroxylation is 1. The van der Waals surface area contributed by atoms with Crippen LogP contribution in [0.5, 0.6) is 0 Å². The van der Waals surface area contributed by atoms with E-state index in [0.29, 0.717) is 12.8 Å². The second kappa shape index (κ2) is 8.95. The molecule has 4 heteroatoms. The molecular weight excluding hydrogens is 376 g/mol. The smallest absolute Gasteiger partial charge is 0.307 e. The summed E-state index contributed by atoms with van der Waals surface area (Å²) < 4.78 is 5.57. The van der Waals surface area contributed by atoms with Crippen molar-refractivity contribution in [1.29, 1.82) is 0 Å². The summed E-state index contributed by atoms with van der Waals surface area (Å²) in [7, 11) is 0. The molecule has 4 rings (SSSR count). The first-order valence-corrected chi connectivity index (χ1v) is 10.2. The molecule has 3 aromatic carbocycles. The number of carbonyl (C=O) groups is 2. The molecule has 0 bridgehead atoms. The van der Waals surface area contributed by atoms with Gasteiger partial charge in [0.2, 0.25) is 0 Å². The van der Waals surface area contributed by atoms with Crippen LogP contribution in [-0.2, 0) is 20.7 Å². The van der Waals surface area contributed by atoms with Crippen molar-refractivity contribution >= 4 is 11.9 Å². The SMILES string of the molecule is O=C(C[C@@H](CCc1ccccc1)C(=O)O)OCC1c2ccccc2-c2ccccc21. The second-order valence-electron chi connectivity index (χ2n) is 7.67. The van der Waals surface area contributed by atoms with Crippen LogP contribution in [0.2, 0.25) is 0 Å². The molecule has 3 aromatic rings. The molecule has 0 fully saturated rings. The average molecular weight is 400 g/mol. The predicted octanol–water partition coefficient (Wildman–Crippen LogP) is 5.07. The Morgan fingerprint density at radius 3 is 2.00 bits per heavy atom. The van der Waals surface area contributed by atoms with Gasteiger partial charge in [0.25, 0.3) is 0 Å². The molecule has 0 aromatic heterocycles. The topological polar surface area (TPSA) is 63.6 Å². The summed E-state index contributed by atoms with van der Waals surface area (Å²) in [6, 6.07) is 26.0. The lowest BCUT2D eigenvalue weighted by Crippen LogP contribution is -2.21. The lowest BCUT2D eigenvalue weighted by molar-refractivity contribution is -0.152. The minimum Gasteiger partial charge on any atom is -0.481 e. The van der Waals surface area contributed by atoms with Crippen LogP contribution in [-0.4, -0.2) is 23.7 Å². The number of esters is 1. The highest BCUT2D eigenvalue weighted by atomic mass is 16.5. The van der Waals surface area contributed by atoms with Gasteiger partial charge in [0.15, 0.2) is 0 Å². The number of ether oxygens (including phenoxy) is 1. The van der Waals surface area contributed by atoms with Crippen molar-refractivity contribution in [2.24, 2.45) is 5.92 Å². The predicted molar refractivity (Wildman–Crippen MR) is 115 cm³/mol. The quantitative estimate of drug-likeness (QED) is 0.537. The van der Waals surface area contributed by atoms with Gasteiger partial charge in [-0.2, -0.15) is 0 Å². The molecule has 1 atom stereocenters. The van der Waals surface area contributed by atoms with Crippen molar-refractivity contribution in [2.45, 2.75) is 25.2 Å². The molecule has 30 heavy (non-hydrogen) atoms. The molecule has 0 heterocycles. The highest BCUT2D eigenvalue weighted by Crippen LogP contribution is 2.44. The Balaban J connectivity index is 1.38. The summed E-state index contributed by atoms with van der Waals surface area (Å²) >= 11 is 0. The lowest BCUT2D eigenvalue weighted by atomic mass is 9.96. The third kappa shape index (κ3) is 4.28. The number of fused-ring (bicyclic) bond motifs is 3. The number of rotatable bonds is 8. The molecule has 0 saturated heterocycles. The zero-order chi connectivity index (χ0) is 20.9. The van der Waals surface area contributed by atoms with Crippen LogP contribution >= 0.6 is 0 Å². The molecule has 1 N–H and O–H groups in total. The van der Waals surface area contributed by atoms with Crippen LogP contribution in [0.25, 0.3) is 11.1 Å². The largest absolute Gasteiger partial charge is 0.481 e. The molecule has 152 valence electrons. The zero-order valence-electron chi connectivity index (χ0n) is 16.7. The van der Waals surface area contributed by atoms with Crippen LogP contribution < -0.4 is 0 Å². The molecule has 4 nitrogen and oxygen atoms in total. The molecule has 0 aliphatic heterocycles. The van der Waals surface area contributed by atoms with E-state index in [9.17, 15) is 14.7 Å². The molecule has 0 unspecified atom stereocenters. The Morgan fingerprint density at radius 1 is 0.833 bits per heavy atom. The number of carboxylic acids is 1. The number of hydrogen-bond donors (Lipinski definition) is 1. The van der Waals surface area contributed by atoms with E-state index < -0.39 is 17.9 Å². The second-order valence-corrected chi connectivity index (χ2v) is 7.67. The van der Waals surface area contributed by atoms with E-state index in [0.717, 1.165) is 16.7 Å².